The molecule has 0 aromatic rings. The summed E-state index contributed by atoms with van der Waals surface area (Å²) >= 11 is 0. The van der Waals surface area contributed by atoms with Crippen molar-refractivity contribution in [1.29, 1.82) is 0 Å². The first kappa shape index (κ1) is 11.9. The Bertz CT molecular complexity index is 254. The van der Waals surface area contributed by atoms with Gasteiger partial charge in [-0.2, -0.15) is 0 Å². The maximum atomic E-state index is 12.1. The van der Waals surface area contributed by atoms with E-state index in [0.717, 1.165) is 31.8 Å². The minimum absolute atomic E-state index is 0.114. The van der Waals surface area contributed by atoms with Gasteiger partial charge < -0.3 is 10.2 Å². The van der Waals surface area contributed by atoms with Crippen molar-refractivity contribution < 1.29 is 4.79 Å². The van der Waals surface area contributed by atoms with Crippen molar-refractivity contribution in [3.8, 4) is 0 Å². The Morgan fingerprint density at radius 1 is 1.38 bits per heavy atom. The van der Waals surface area contributed by atoms with Crippen LogP contribution in [-0.2, 0) is 4.79 Å². The SMILES string of the molecule is CCCNC1CCN(C2CC2CCC)C1=O. The van der Waals surface area contributed by atoms with Gasteiger partial charge in [0.05, 0.1) is 6.04 Å². The lowest BCUT2D eigenvalue weighted by molar-refractivity contribution is -0.130. The molecule has 1 amide bonds. The molecule has 1 heterocycles. The van der Waals surface area contributed by atoms with E-state index in [4.69, 9.17) is 0 Å². The summed E-state index contributed by atoms with van der Waals surface area (Å²) in [5.74, 6) is 1.16. The van der Waals surface area contributed by atoms with E-state index in [-0.39, 0.29) is 6.04 Å². The molecule has 3 unspecified atom stereocenters. The first-order valence-electron chi connectivity index (χ1n) is 6.81. The molecule has 16 heavy (non-hydrogen) atoms. The molecule has 1 saturated carbocycles. The monoisotopic (exact) mass is 224 g/mol. The van der Waals surface area contributed by atoms with Gasteiger partial charge in [0.15, 0.2) is 0 Å². The Morgan fingerprint density at radius 3 is 2.88 bits per heavy atom. The maximum absolute atomic E-state index is 12.1. The molecular formula is C13H24N2O. The van der Waals surface area contributed by atoms with Gasteiger partial charge in [0.2, 0.25) is 5.91 Å². The van der Waals surface area contributed by atoms with Crippen molar-refractivity contribution in [1.82, 2.24) is 10.2 Å². The predicted molar refractivity (Wildman–Crippen MR) is 65.2 cm³/mol. The topological polar surface area (TPSA) is 32.3 Å². The zero-order chi connectivity index (χ0) is 11.5. The lowest BCUT2D eigenvalue weighted by atomic mass is 10.2. The smallest absolute Gasteiger partial charge is 0.240 e. The third kappa shape index (κ3) is 2.40. The van der Waals surface area contributed by atoms with Crippen LogP contribution in [0.3, 0.4) is 0 Å². The Kier molecular flexibility index (Phi) is 3.85. The van der Waals surface area contributed by atoms with Crippen LogP contribution < -0.4 is 5.32 Å². The normalized spacial score (nSPS) is 33.5. The molecule has 0 bridgehead atoms. The van der Waals surface area contributed by atoms with Gasteiger partial charge in [-0.1, -0.05) is 20.3 Å². The standard InChI is InChI=1S/C13H24N2O/c1-3-5-10-9-12(10)15-8-6-11(13(15)16)14-7-4-2/h10-12,14H,3-9H2,1-2H3. The number of rotatable bonds is 6. The van der Waals surface area contributed by atoms with E-state index in [2.05, 4.69) is 24.1 Å². The fourth-order valence-corrected chi connectivity index (χ4v) is 2.83. The van der Waals surface area contributed by atoms with Gasteiger partial charge in [-0.05, 0) is 38.1 Å². The number of nitrogens with zero attached hydrogens (tertiary/aromatic N) is 1. The van der Waals surface area contributed by atoms with Crippen LogP contribution in [0.1, 0.15) is 46.0 Å². The average molecular weight is 224 g/mol. The Labute approximate surface area is 98.6 Å². The highest BCUT2D eigenvalue weighted by Crippen LogP contribution is 2.41. The van der Waals surface area contributed by atoms with Crippen molar-refractivity contribution in [3.63, 3.8) is 0 Å². The van der Waals surface area contributed by atoms with Gasteiger partial charge >= 0.3 is 0 Å². The number of hydrogen-bond donors (Lipinski definition) is 1. The van der Waals surface area contributed by atoms with Crippen LogP contribution >= 0.6 is 0 Å². The quantitative estimate of drug-likeness (QED) is 0.746. The fraction of sp³-hybridized carbons (Fsp3) is 0.923. The van der Waals surface area contributed by atoms with E-state index in [9.17, 15) is 4.79 Å². The number of carbonyl (C=O) groups excluding carboxylic acids is 1. The van der Waals surface area contributed by atoms with Crippen molar-refractivity contribution in [3.05, 3.63) is 0 Å². The predicted octanol–water partition coefficient (Wildman–Crippen LogP) is 1.78. The molecule has 2 rings (SSSR count). The van der Waals surface area contributed by atoms with Gasteiger partial charge in [-0.15, -0.1) is 0 Å². The van der Waals surface area contributed by atoms with Gasteiger partial charge in [0, 0.05) is 12.6 Å². The highest BCUT2D eigenvalue weighted by Gasteiger charge is 2.46. The Morgan fingerprint density at radius 2 is 2.19 bits per heavy atom. The van der Waals surface area contributed by atoms with E-state index in [1.165, 1.54) is 19.3 Å². The second-order valence-corrected chi connectivity index (χ2v) is 5.18. The third-order valence-electron chi connectivity index (χ3n) is 3.83. The lowest BCUT2D eigenvalue weighted by Gasteiger charge is -2.17. The summed E-state index contributed by atoms with van der Waals surface area (Å²) in [6.45, 7) is 6.31. The average Bonchev–Trinajstić information content (AvgIpc) is 2.93. The van der Waals surface area contributed by atoms with Crippen molar-refractivity contribution >= 4 is 5.91 Å². The van der Waals surface area contributed by atoms with Gasteiger partial charge in [-0.25, -0.2) is 0 Å². The molecule has 1 saturated heterocycles. The molecule has 1 aliphatic heterocycles. The second-order valence-electron chi connectivity index (χ2n) is 5.18. The van der Waals surface area contributed by atoms with Gasteiger partial charge in [0.25, 0.3) is 0 Å². The van der Waals surface area contributed by atoms with Crippen molar-refractivity contribution in [2.75, 3.05) is 13.1 Å². The second kappa shape index (κ2) is 5.17. The summed E-state index contributed by atoms with van der Waals surface area (Å²) in [5, 5.41) is 3.35. The highest BCUT2D eigenvalue weighted by atomic mass is 16.2. The molecule has 3 atom stereocenters. The van der Waals surface area contributed by atoms with Gasteiger partial charge in [-0.3, -0.25) is 4.79 Å². The third-order valence-corrected chi connectivity index (χ3v) is 3.83. The van der Waals surface area contributed by atoms with E-state index in [0.29, 0.717) is 11.9 Å². The Hall–Kier alpha value is -0.570. The summed E-state index contributed by atoms with van der Waals surface area (Å²) < 4.78 is 0. The molecule has 0 spiro atoms. The minimum atomic E-state index is 0.114. The molecule has 3 nitrogen and oxygen atoms in total. The summed E-state index contributed by atoms with van der Waals surface area (Å²) in [6, 6.07) is 0.698. The van der Waals surface area contributed by atoms with Crippen LogP contribution in [0.2, 0.25) is 0 Å². The van der Waals surface area contributed by atoms with Crippen molar-refractivity contribution in [2.45, 2.75) is 58.0 Å². The molecule has 0 radical (unpaired) electrons. The number of nitrogens with one attached hydrogen (secondary N) is 1. The maximum Gasteiger partial charge on any atom is 0.240 e. The molecule has 3 heteroatoms. The summed E-state index contributed by atoms with van der Waals surface area (Å²) in [7, 11) is 0. The number of amides is 1. The van der Waals surface area contributed by atoms with Crippen LogP contribution in [0, 0.1) is 5.92 Å². The highest BCUT2D eigenvalue weighted by molar-refractivity contribution is 5.84. The zero-order valence-corrected chi connectivity index (χ0v) is 10.5. The van der Waals surface area contributed by atoms with Crippen LogP contribution in [-0.4, -0.2) is 36.0 Å². The minimum Gasteiger partial charge on any atom is -0.338 e. The van der Waals surface area contributed by atoms with Crippen LogP contribution in [0.15, 0.2) is 0 Å². The number of carbonyl (C=O) groups is 1. The van der Waals surface area contributed by atoms with E-state index < -0.39 is 0 Å². The number of hydrogen-bond acceptors (Lipinski definition) is 2. The molecule has 92 valence electrons. The molecule has 2 fully saturated rings. The molecular weight excluding hydrogens is 200 g/mol. The summed E-state index contributed by atoms with van der Waals surface area (Å²) in [5.41, 5.74) is 0. The Balaban J connectivity index is 1.79. The first-order valence-corrected chi connectivity index (χ1v) is 6.81. The first-order chi connectivity index (χ1) is 7.77. The van der Waals surface area contributed by atoms with Crippen LogP contribution in [0.4, 0.5) is 0 Å². The van der Waals surface area contributed by atoms with E-state index >= 15 is 0 Å². The largest absolute Gasteiger partial charge is 0.338 e. The van der Waals surface area contributed by atoms with Gasteiger partial charge in [0.1, 0.15) is 0 Å². The molecule has 1 aliphatic carbocycles. The number of likely N-dealkylation sites (tertiary alicyclic amines) is 1. The molecule has 1 N–H and O–H groups in total. The summed E-state index contributed by atoms with van der Waals surface area (Å²) in [6.07, 6.45) is 5.90. The van der Waals surface area contributed by atoms with Crippen molar-refractivity contribution in [2.24, 2.45) is 5.92 Å². The van der Waals surface area contributed by atoms with E-state index in [1.54, 1.807) is 0 Å². The fourth-order valence-electron chi connectivity index (χ4n) is 2.83. The molecule has 0 aromatic carbocycles. The lowest BCUT2D eigenvalue weighted by Crippen LogP contribution is -2.39. The van der Waals surface area contributed by atoms with Crippen LogP contribution in [0.5, 0.6) is 0 Å². The molecule has 2 aliphatic rings. The summed E-state index contributed by atoms with van der Waals surface area (Å²) in [4.78, 5) is 14.2. The molecule has 0 aromatic heterocycles. The van der Waals surface area contributed by atoms with Crippen LogP contribution in [0.25, 0.3) is 0 Å². The van der Waals surface area contributed by atoms with E-state index in [1.807, 2.05) is 0 Å². The zero-order valence-electron chi connectivity index (χ0n) is 10.5.